The molecule has 0 spiro atoms. The van der Waals surface area contributed by atoms with Crippen LogP contribution in [-0.4, -0.2) is 60.4 Å². The summed E-state index contributed by atoms with van der Waals surface area (Å²) in [5.74, 6) is 0.396. The second-order valence-corrected chi connectivity index (χ2v) is 7.94. The van der Waals surface area contributed by atoms with Crippen molar-refractivity contribution in [1.82, 2.24) is 20.4 Å². The van der Waals surface area contributed by atoms with Crippen LogP contribution in [-0.2, 0) is 11.2 Å². The number of ether oxygens (including phenoxy) is 1. The second-order valence-electron chi connectivity index (χ2n) is 7.94. The van der Waals surface area contributed by atoms with E-state index in [-0.39, 0.29) is 11.9 Å². The minimum atomic E-state index is 0.00959. The van der Waals surface area contributed by atoms with E-state index in [2.05, 4.69) is 37.9 Å². The molecule has 1 aliphatic carbocycles. The number of aryl methyl sites for hydroxylation is 1. The number of amides is 1. The average Bonchev–Trinajstić information content (AvgIpc) is 3.29. The van der Waals surface area contributed by atoms with Crippen molar-refractivity contribution in [2.45, 2.75) is 31.2 Å². The van der Waals surface area contributed by atoms with Crippen LogP contribution >= 0.6 is 0 Å². The minimum absolute atomic E-state index is 0.00959. The number of fused-ring (bicyclic) bond motifs is 5. The number of nitrogens with one attached hydrogen (secondary N) is 3. The normalized spacial score (nSPS) is 23.9. The summed E-state index contributed by atoms with van der Waals surface area (Å²) in [6, 6.07) is 6.29. The number of nitrogens with zero attached hydrogens (tertiary/aromatic N) is 2. The Morgan fingerprint density at radius 3 is 3.11 bits per heavy atom. The Kier molecular flexibility index (Phi) is 4.78. The molecule has 0 bridgehead atoms. The van der Waals surface area contributed by atoms with Crippen LogP contribution < -0.4 is 10.6 Å². The highest BCUT2D eigenvalue weighted by Crippen LogP contribution is 2.48. The van der Waals surface area contributed by atoms with Gasteiger partial charge in [0.2, 0.25) is 0 Å². The monoisotopic (exact) mass is 381 g/mol. The van der Waals surface area contributed by atoms with Crippen LogP contribution in [0, 0.1) is 0 Å². The van der Waals surface area contributed by atoms with E-state index in [9.17, 15) is 4.79 Å². The van der Waals surface area contributed by atoms with Crippen molar-refractivity contribution in [3.05, 3.63) is 46.8 Å². The van der Waals surface area contributed by atoms with Gasteiger partial charge in [-0.25, -0.2) is 0 Å². The molecule has 2 atom stereocenters. The summed E-state index contributed by atoms with van der Waals surface area (Å²) in [6.45, 7) is 4.99. The van der Waals surface area contributed by atoms with Crippen molar-refractivity contribution in [2.75, 3.05) is 44.7 Å². The van der Waals surface area contributed by atoms with Crippen LogP contribution in [0.1, 0.15) is 52.0 Å². The largest absolute Gasteiger partial charge is 0.379 e. The molecule has 7 nitrogen and oxygen atoms in total. The van der Waals surface area contributed by atoms with Crippen molar-refractivity contribution in [3.63, 3.8) is 0 Å². The summed E-state index contributed by atoms with van der Waals surface area (Å²) in [7, 11) is 0. The third kappa shape index (κ3) is 3.29. The fraction of sp³-hybridized carbons (Fsp3) is 0.524. The summed E-state index contributed by atoms with van der Waals surface area (Å²) >= 11 is 0. The highest BCUT2D eigenvalue weighted by molar-refractivity contribution is 5.95. The fourth-order valence-electron chi connectivity index (χ4n) is 4.74. The van der Waals surface area contributed by atoms with Crippen molar-refractivity contribution in [1.29, 1.82) is 0 Å². The highest BCUT2D eigenvalue weighted by Gasteiger charge is 2.37. The third-order valence-corrected chi connectivity index (χ3v) is 6.27. The van der Waals surface area contributed by atoms with E-state index in [4.69, 9.17) is 4.74 Å². The first-order valence-electron chi connectivity index (χ1n) is 10.3. The lowest BCUT2D eigenvalue weighted by atomic mass is 9.90. The molecule has 0 saturated carbocycles. The number of carbonyl (C=O) groups is 1. The molecule has 1 aromatic heterocycles. The van der Waals surface area contributed by atoms with Gasteiger partial charge in [-0.15, -0.1) is 0 Å². The quantitative estimate of drug-likeness (QED) is 0.755. The van der Waals surface area contributed by atoms with Gasteiger partial charge in [0.15, 0.2) is 0 Å². The summed E-state index contributed by atoms with van der Waals surface area (Å²) < 4.78 is 5.37. The van der Waals surface area contributed by atoms with Crippen LogP contribution in [0.25, 0.3) is 0 Å². The molecule has 2 unspecified atom stereocenters. The maximum Gasteiger partial charge on any atom is 0.251 e. The van der Waals surface area contributed by atoms with Crippen molar-refractivity contribution in [3.8, 4) is 0 Å². The number of carbonyl (C=O) groups excluding carboxylic acids is 1. The van der Waals surface area contributed by atoms with E-state index in [0.717, 1.165) is 63.4 Å². The number of benzene rings is 1. The van der Waals surface area contributed by atoms with Gasteiger partial charge in [-0.05, 0) is 48.6 Å². The van der Waals surface area contributed by atoms with E-state index in [1.807, 2.05) is 12.3 Å². The number of anilines is 1. The van der Waals surface area contributed by atoms with Gasteiger partial charge in [-0.1, -0.05) is 0 Å². The van der Waals surface area contributed by atoms with Gasteiger partial charge in [0.05, 0.1) is 31.1 Å². The molecular formula is C21H27N5O2. The molecule has 3 aliphatic rings. The lowest BCUT2D eigenvalue weighted by molar-refractivity contribution is 0.0383. The first-order chi connectivity index (χ1) is 13.8. The maximum atomic E-state index is 12.7. The van der Waals surface area contributed by atoms with E-state index < -0.39 is 0 Å². The Balaban J connectivity index is 1.27. The number of hydrogen-bond acceptors (Lipinski definition) is 5. The highest BCUT2D eigenvalue weighted by atomic mass is 16.5. The topological polar surface area (TPSA) is 82.3 Å². The number of H-pyrrole nitrogens is 1. The molecule has 28 heavy (non-hydrogen) atoms. The van der Waals surface area contributed by atoms with E-state index in [1.165, 1.54) is 16.8 Å². The van der Waals surface area contributed by atoms with Crippen molar-refractivity contribution >= 4 is 11.6 Å². The Bertz CT molecular complexity index is 858. The van der Waals surface area contributed by atoms with Crippen molar-refractivity contribution in [2.24, 2.45) is 0 Å². The molecule has 0 radical (unpaired) electrons. The predicted octanol–water partition coefficient (Wildman–Crippen LogP) is 2.06. The lowest BCUT2D eigenvalue weighted by Crippen LogP contribution is -2.41. The van der Waals surface area contributed by atoms with Gasteiger partial charge < -0.3 is 15.4 Å². The van der Waals surface area contributed by atoms with Crippen LogP contribution in [0.5, 0.6) is 0 Å². The molecule has 2 aliphatic heterocycles. The molecule has 1 fully saturated rings. The molecule has 5 rings (SSSR count). The smallest absolute Gasteiger partial charge is 0.251 e. The molecular weight excluding hydrogens is 354 g/mol. The number of aromatic amines is 1. The Morgan fingerprint density at radius 1 is 1.32 bits per heavy atom. The lowest BCUT2D eigenvalue weighted by Gasteiger charge is -2.26. The summed E-state index contributed by atoms with van der Waals surface area (Å²) in [5.41, 5.74) is 5.66. The summed E-state index contributed by atoms with van der Waals surface area (Å²) in [4.78, 5) is 15.0. The maximum absolute atomic E-state index is 12.7. The SMILES string of the molecule is O=C(NCCN1CCOCC1)c1ccc2c(c1)C1CCCc3cn[nH]c3C1N2. The Hall–Kier alpha value is -2.38. The zero-order valence-corrected chi connectivity index (χ0v) is 16.0. The number of hydrogen-bond donors (Lipinski definition) is 3. The fourth-order valence-corrected chi connectivity index (χ4v) is 4.74. The second kappa shape index (κ2) is 7.56. The van der Waals surface area contributed by atoms with E-state index in [1.54, 1.807) is 0 Å². The van der Waals surface area contributed by atoms with E-state index >= 15 is 0 Å². The molecule has 1 saturated heterocycles. The van der Waals surface area contributed by atoms with Gasteiger partial charge in [0, 0.05) is 43.3 Å². The van der Waals surface area contributed by atoms with Crippen LogP contribution in [0.15, 0.2) is 24.4 Å². The van der Waals surface area contributed by atoms with Crippen LogP contribution in [0.4, 0.5) is 5.69 Å². The van der Waals surface area contributed by atoms with Gasteiger partial charge >= 0.3 is 0 Å². The molecule has 3 heterocycles. The minimum Gasteiger partial charge on any atom is -0.379 e. The van der Waals surface area contributed by atoms with Gasteiger partial charge in [-0.2, -0.15) is 5.10 Å². The molecule has 148 valence electrons. The van der Waals surface area contributed by atoms with Gasteiger partial charge in [-0.3, -0.25) is 14.8 Å². The zero-order chi connectivity index (χ0) is 18.9. The number of aromatic nitrogens is 2. The summed E-state index contributed by atoms with van der Waals surface area (Å²) in [5, 5.41) is 14.2. The van der Waals surface area contributed by atoms with Crippen LogP contribution in [0.2, 0.25) is 0 Å². The first kappa shape index (κ1) is 17.7. The van der Waals surface area contributed by atoms with Crippen molar-refractivity contribution < 1.29 is 9.53 Å². The summed E-state index contributed by atoms with van der Waals surface area (Å²) in [6.07, 6.45) is 5.29. The van der Waals surface area contributed by atoms with Crippen LogP contribution in [0.3, 0.4) is 0 Å². The molecule has 2 aromatic rings. The molecule has 1 amide bonds. The standard InChI is InChI=1S/C21H27N5O2/c27-21(22-6-7-26-8-10-28-11-9-26)14-4-5-18-17(12-14)16-3-1-2-15-13-23-25-19(15)20(16)24-18/h4-5,12-13,16,20,24H,1-3,6-11H2,(H,22,27)(H,23,25). The van der Waals surface area contributed by atoms with Gasteiger partial charge in [0.1, 0.15) is 0 Å². The number of rotatable bonds is 4. The molecule has 1 aromatic carbocycles. The Labute approximate surface area is 164 Å². The zero-order valence-electron chi connectivity index (χ0n) is 16.0. The average molecular weight is 381 g/mol. The third-order valence-electron chi connectivity index (χ3n) is 6.27. The predicted molar refractivity (Wildman–Crippen MR) is 107 cm³/mol. The van der Waals surface area contributed by atoms with E-state index in [0.29, 0.717) is 12.5 Å². The van der Waals surface area contributed by atoms with Gasteiger partial charge in [0.25, 0.3) is 5.91 Å². The Morgan fingerprint density at radius 2 is 2.21 bits per heavy atom. The number of morpholine rings is 1. The first-order valence-corrected chi connectivity index (χ1v) is 10.3. The molecule has 7 heteroatoms. The molecule has 3 N–H and O–H groups in total.